The minimum absolute atomic E-state index is 0.0842. The van der Waals surface area contributed by atoms with Crippen LogP contribution in [0, 0.1) is 0 Å². The Bertz CT molecular complexity index is 2210. The number of aliphatic hydroxyl groups is 1. The van der Waals surface area contributed by atoms with Crippen LogP contribution in [-0.4, -0.2) is 96.7 Å². The number of allylic oxidation sites excluding steroid dienone is 12. The fourth-order valence-corrected chi connectivity index (χ4v) is 13.0. The monoisotopic (exact) mass is 1480 g/mol. The summed E-state index contributed by atoms with van der Waals surface area (Å²) in [5, 5.41) is 10.6. The molecular formula is C83H150O17P2. The van der Waals surface area contributed by atoms with Gasteiger partial charge >= 0.3 is 39.5 Å². The zero-order valence-corrected chi connectivity index (χ0v) is 66.8. The van der Waals surface area contributed by atoms with Crippen molar-refractivity contribution >= 4 is 39.5 Å². The number of hydrogen-bond acceptors (Lipinski definition) is 15. The fraction of sp³-hybridized carbons (Fsp3) is 0.807. The van der Waals surface area contributed by atoms with E-state index in [1.165, 1.54) is 135 Å². The number of carbonyl (C=O) groups is 4. The van der Waals surface area contributed by atoms with Crippen molar-refractivity contribution in [2.45, 2.75) is 393 Å². The molecule has 0 aliphatic rings. The molecule has 0 saturated carbocycles. The van der Waals surface area contributed by atoms with Crippen LogP contribution in [0.1, 0.15) is 374 Å². The van der Waals surface area contributed by atoms with Crippen LogP contribution < -0.4 is 0 Å². The number of phosphoric ester groups is 2. The standard InChI is InChI=1S/C83H150O17P2/c1-5-9-13-17-21-25-29-33-36-37-38-39-42-45-48-52-56-60-64-68-81(86)94-74-79(100-83(88)70-66-62-58-54-50-46-41-35-31-27-23-19-15-11-7-3)76-98-102(91,92)96-72-77(84)71-95-101(89,90)97-75-78(99-82(87)69-65-61-57-53-49-43-32-28-24-20-16-12-8-4)73-93-80(85)67-63-59-55-51-47-44-40-34-30-26-22-18-14-10-6-2/h9,13,21,25,28,32-33,35-36,38-39,41,77-79,84H,5-8,10-12,14-20,22-24,26-27,29-31,34,37,40,42-76H2,1-4H3,(H,89,90)(H,91,92)/b13-9-,25-21-,32-28-,36-33-,39-38-,41-35-. The van der Waals surface area contributed by atoms with Gasteiger partial charge in [0.05, 0.1) is 26.4 Å². The van der Waals surface area contributed by atoms with E-state index in [1.807, 2.05) is 0 Å². The second kappa shape index (κ2) is 75.7. The van der Waals surface area contributed by atoms with Gasteiger partial charge in [-0.1, -0.05) is 306 Å². The lowest BCUT2D eigenvalue weighted by atomic mass is 10.0. The third kappa shape index (κ3) is 74.8. The van der Waals surface area contributed by atoms with E-state index < -0.39 is 97.5 Å². The Kier molecular flexibility index (Phi) is 73.1. The minimum atomic E-state index is -4.98. The Labute approximate surface area is 622 Å². The van der Waals surface area contributed by atoms with E-state index in [0.29, 0.717) is 25.7 Å². The molecule has 0 radical (unpaired) electrons. The van der Waals surface area contributed by atoms with Crippen LogP contribution in [0.15, 0.2) is 72.9 Å². The molecule has 0 aromatic heterocycles. The van der Waals surface area contributed by atoms with Crippen LogP contribution in [0.4, 0.5) is 0 Å². The average molecular weight is 1480 g/mol. The quantitative estimate of drug-likeness (QED) is 0.0169. The van der Waals surface area contributed by atoms with Gasteiger partial charge in [0, 0.05) is 25.7 Å². The number of carbonyl (C=O) groups excluding carboxylic acids is 4. The summed E-state index contributed by atoms with van der Waals surface area (Å²) in [5.74, 6) is -2.18. The maximum atomic E-state index is 13.1. The van der Waals surface area contributed by atoms with Crippen LogP contribution in [0.5, 0.6) is 0 Å². The fourth-order valence-electron chi connectivity index (χ4n) is 11.4. The van der Waals surface area contributed by atoms with Crippen molar-refractivity contribution in [1.82, 2.24) is 0 Å². The normalized spacial score (nSPS) is 14.2. The second-order valence-electron chi connectivity index (χ2n) is 27.7. The Morgan fingerprint density at radius 3 is 0.804 bits per heavy atom. The van der Waals surface area contributed by atoms with E-state index in [9.17, 15) is 43.2 Å². The van der Waals surface area contributed by atoms with Gasteiger partial charge in [-0.3, -0.25) is 37.3 Å². The lowest BCUT2D eigenvalue weighted by molar-refractivity contribution is -0.161. The molecule has 17 nitrogen and oxygen atoms in total. The minimum Gasteiger partial charge on any atom is -0.462 e. The summed E-state index contributed by atoms with van der Waals surface area (Å²) >= 11 is 0. The molecule has 0 aliphatic heterocycles. The van der Waals surface area contributed by atoms with Crippen molar-refractivity contribution in [3.05, 3.63) is 72.9 Å². The number of aliphatic hydroxyl groups excluding tert-OH is 1. The molecule has 0 aromatic rings. The van der Waals surface area contributed by atoms with Gasteiger partial charge in [0.1, 0.15) is 19.3 Å². The van der Waals surface area contributed by atoms with Crippen LogP contribution >= 0.6 is 15.6 Å². The van der Waals surface area contributed by atoms with Gasteiger partial charge in [-0.05, 0) is 116 Å². The first-order valence-electron chi connectivity index (χ1n) is 41.2. The number of hydrogen-bond donors (Lipinski definition) is 3. The van der Waals surface area contributed by atoms with Crippen molar-refractivity contribution in [2.75, 3.05) is 39.6 Å². The zero-order valence-electron chi connectivity index (χ0n) is 65.0. The lowest BCUT2D eigenvalue weighted by Crippen LogP contribution is -2.30. The van der Waals surface area contributed by atoms with Crippen LogP contribution in [0.25, 0.3) is 0 Å². The number of ether oxygens (including phenoxy) is 4. The number of esters is 4. The third-order valence-corrected chi connectivity index (χ3v) is 19.6. The van der Waals surface area contributed by atoms with Gasteiger partial charge in [0.2, 0.25) is 0 Å². The van der Waals surface area contributed by atoms with Gasteiger partial charge in [0.15, 0.2) is 12.2 Å². The molecule has 0 heterocycles. The highest BCUT2D eigenvalue weighted by atomic mass is 31.2. The average Bonchev–Trinajstić information content (AvgIpc) is 0.924. The summed E-state index contributed by atoms with van der Waals surface area (Å²) in [6.07, 6.45) is 77.3. The molecule has 0 bridgehead atoms. The largest absolute Gasteiger partial charge is 0.472 e. The molecule has 0 aliphatic carbocycles. The van der Waals surface area contributed by atoms with E-state index in [4.69, 9.17) is 37.0 Å². The first kappa shape index (κ1) is 98.5. The third-order valence-electron chi connectivity index (χ3n) is 17.7. The van der Waals surface area contributed by atoms with Crippen molar-refractivity contribution in [2.24, 2.45) is 0 Å². The highest BCUT2D eigenvalue weighted by Gasteiger charge is 2.30. The van der Waals surface area contributed by atoms with Gasteiger partial charge < -0.3 is 33.8 Å². The highest BCUT2D eigenvalue weighted by Crippen LogP contribution is 2.45. The van der Waals surface area contributed by atoms with Gasteiger partial charge in [-0.25, -0.2) is 9.13 Å². The van der Waals surface area contributed by atoms with E-state index in [2.05, 4.69) is 101 Å². The molecule has 19 heteroatoms. The number of phosphoric acid groups is 2. The molecule has 0 spiro atoms. The van der Waals surface area contributed by atoms with Crippen LogP contribution in [0.2, 0.25) is 0 Å². The van der Waals surface area contributed by atoms with E-state index in [0.717, 1.165) is 161 Å². The van der Waals surface area contributed by atoms with E-state index >= 15 is 0 Å². The molecule has 0 saturated heterocycles. The molecule has 3 N–H and O–H groups in total. The highest BCUT2D eigenvalue weighted by molar-refractivity contribution is 7.47. The zero-order chi connectivity index (χ0) is 74.6. The Morgan fingerprint density at radius 1 is 0.284 bits per heavy atom. The Morgan fingerprint density at radius 2 is 0.510 bits per heavy atom. The summed E-state index contributed by atoms with van der Waals surface area (Å²) in [5.41, 5.74) is 0. The van der Waals surface area contributed by atoms with Crippen molar-refractivity contribution < 1.29 is 80.2 Å². The number of unbranched alkanes of at least 4 members (excludes halogenated alkanes) is 40. The maximum absolute atomic E-state index is 13.1. The molecule has 0 fully saturated rings. The molecule has 0 rings (SSSR count). The van der Waals surface area contributed by atoms with E-state index in [1.54, 1.807) is 0 Å². The molecule has 594 valence electrons. The molecule has 5 unspecified atom stereocenters. The van der Waals surface area contributed by atoms with Gasteiger partial charge in [-0.2, -0.15) is 0 Å². The summed E-state index contributed by atoms with van der Waals surface area (Å²) in [6.45, 7) is 4.79. The lowest BCUT2D eigenvalue weighted by Gasteiger charge is -2.21. The summed E-state index contributed by atoms with van der Waals surface area (Å²) in [4.78, 5) is 73.1. The maximum Gasteiger partial charge on any atom is 0.472 e. The van der Waals surface area contributed by atoms with Crippen molar-refractivity contribution in [3.63, 3.8) is 0 Å². The molecule has 5 atom stereocenters. The van der Waals surface area contributed by atoms with Crippen molar-refractivity contribution in [1.29, 1.82) is 0 Å². The SMILES string of the molecule is CC/C=C\C/C=C\C/C=C\C/C=C\CCCCCCCCC(=O)OCC(COP(=O)(O)OCC(O)COP(=O)(O)OCC(COC(=O)CCCCCCCCCCCCCCCCC)OC(=O)CCCCCCC/C=C\CCCCCC)OC(=O)CCCCCCC/C=C\CCCCCCCC. The van der Waals surface area contributed by atoms with Gasteiger partial charge in [-0.15, -0.1) is 0 Å². The molecule has 0 amide bonds. The summed E-state index contributed by atoms with van der Waals surface area (Å²) in [6, 6.07) is 0. The van der Waals surface area contributed by atoms with Crippen LogP contribution in [-0.2, 0) is 65.4 Å². The predicted molar refractivity (Wildman–Crippen MR) is 418 cm³/mol. The summed E-state index contributed by atoms with van der Waals surface area (Å²) in [7, 11) is -9.95. The first-order chi connectivity index (χ1) is 49.7. The number of rotatable bonds is 78. The summed E-state index contributed by atoms with van der Waals surface area (Å²) < 4.78 is 68.7. The Balaban J connectivity index is 5.33. The van der Waals surface area contributed by atoms with Crippen molar-refractivity contribution in [3.8, 4) is 0 Å². The Hall–Kier alpha value is -3.50. The smallest absolute Gasteiger partial charge is 0.462 e. The topological polar surface area (TPSA) is 237 Å². The first-order valence-corrected chi connectivity index (χ1v) is 44.2. The van der Waals surface area contributed by atoms with Gasteiger partial charge in [0.25, 0.3) is 0 Å². The van der Waals surface area contributed by atoms with Crippen LogP contribution in [0.3, 0.4) is 0 Å². The molecule has 0 aromatic carbocycles. The predicted octanol–water partition coefficient (Wildman–Crippen LogP) is 24.0. The van der Waals surface area contributed by atoms with E-state index in [-0.39, 0.29) is 25.7 Å². The molecule has 102 heavy (non-hydrogen) atoms. The second-order valence-corrected chi connectivity index (χ2v) is 30.6. The molecular weight excluding hydrogens is 1330 g/mol.